The van der Waals surface area contributed by atoms with Crippen molar-refractivity contribution in [1.29, 1.82) is 0 Å². The van der Waals surface area contributed by atoms with Crippen molar-refractivity contribution in [3.8, 4) is 10.7 Å². The van der Waals surface area contributed by atoms with Gasteiger partial charge < -0.3 is 10.3 Å². The molecule has 0 radical (unpaired) electrons. The SMILES string of the molecule is Cc1ccc(C(=O)Nc2ccc3nc(-c4cccs4)[nH]c3c2)cn1. The van der Waals surface area contributed by atoms with Crippen LogP contribution < -0.4 is 5.32 Å². The molecule has 0 spiro atoms. The van der Waals surface area contributed by atoms with Crippen molar-refractivity contribution >= 4 is 34.0 Å². The average molecular weight is 334 g/mol. The van der Waals surface area contributed by atoms with Gasteiger partial charge in [0.15, 0.2) is 0 Å². The fourth-order valence-electron chi connectivity index (χ4n) is 2.42. The third-order valence-electron chi connectivity index (χ3n) is 3.67. The van der Waals surface area contributed by atoms with E-state index in [0.717, 1.165) is 33.1 Å². The van der Waals surface area contributed by atoms with Gasteiger partial charge in [-0.25, -0.2) is 4.98 Å². The first-order chi connectivity index (χ1) is 11.7. The van der Waals surface area contributed by atoms with Gasteiger partial charge in [-0.3, -0.25) is 9.78 Å². The average Bonchev–Trinajstić information content (AvgIpc) is 3.24. The van der Waals surface area contributed by atoms with Gasteiger partial charge in [0.2, 0.25) is 0 Å². The third-order valence-corrected chi connectivity index (χ3v) is 4.54. The number of anilines is 1. The van der Waals surface area contributed by atoms with E-state index in [1.54, 1.807) is 23.6 Å². The number of fused-ring (bicyclic) bond motifs is 1. The second kappa shape index (κ2) is 5.90. The van der Waals surface area contributed by atoms with Crippen LogP contribution in [0, 0.1) is 6.92 Å². The summed E-state index contributed by atoms with van der Waals surface area (Å²) < 4.78 is 0. The third kappa shape index (κ3) is 2.79. The van der Waals surface area contributed by atoms with Crippen LogP contribution in [-0.4, -0.2) is 20.9 Å². The molecule has 3 aromatic heterocycles. The van der Waals surface area contributed by atoms with Crippen LogP contribution in [0.3, 0.4) is 0 Å². The maximum absolute atomic E-state index is 12.3. The van der Waals surface area contributed by atoms with Gasteiger partial charge in [-0.1, -0.05) is 6.07 Å². The van der Waals surface area contributed by atoms with Gasteiger partial charge in [-0.05, 0) is 48.7 Å². The van der Waals surface area contributed by atoms with Crippen molar-refractivity contribution in [3.63, 3.8) is 0 Å². The van der Waals surface area contributed by atoms with Crippen LogP contribution in [-0.2, 0) is 0 Å². The molecular formula is C18H14N4OS. The largest absolute Gasteiger partial charge is 0.337 e. The van der Waals surface area contributed by atoms with E-state index in [9.17, 15) is 4.79 Å². The second-order valence-corrected chi connectivity index (χ2v) is 6.38. The molecule has 5 nitrogen and oxygen atoms in total. The number of benzene rings is 1. The van der Waals surface area contributed by atoms with Crippen LogP contribution in [0.15, 0.2) is 54.0 Å². The number of aromatic nitrogens is 3. The number of imidazole rings is 1. The number of amides is 1. The second-order valence-electron chi connectivity index (χ2n) is 5.44. The molecule has 4 aromatic rings. The molecule has 1 amide bonds. The molecule has 0 aliphatic rings. The van der Waals surface area contributed by atoms with E-state index >= 15 is 0 Å². The van der Waals surface area contributed by atoms with Crippen molar-refractivity contribution in [3.05, 3.63) is 65.3 Å². The maximum atomic E-state index is 12.3. The molecule has 24 heavy (non-hydrogen) atoms. The molecule has 0 aliphatic heterocycles. The zero-order valence-electron chi connectivity index (χ0n) is 12.9. The van der Waals surface area contributed by atoms with Gasteiger partial charge >= 0.3 is 0 Å². The van der Waals surface area contributed by atoms with Crippen LogP contribution in [0.2, 0.25) is 0 Å². The minimum atomic E-state index is -0.181. The summed E-state index contributed by atoms with van der Waals surface area (Å²) in [5, 5.41) is 4.91. The summed E-state index contributed by atoms with van der Waals surface area (Å²) in [6.07, 6.45) is 1.58. The van der Waals surface area contributed by atoms with Crippen molar-refractivity contribution < 1.29 is 4.79 Å². The number of H-pyrrole nitrogens is 1. The number of carbonyl (C=O) groups excluding carboxylic acids is 1. The number of carbonyl (C=O) groups is 1. The highest BCUT2D eigenvalue weighted by Gasteiger charge is 2.09. The summed E-state index contributed by atoms with van der Waals surface area (Å²) in [7, 11) is 0. The van der Waals surface area contributed by atoms with Gasteiger partial charge in [-0.2, -0.15) is 0 Å². The summed E-state index contributed by atoms with van der Waals surface area (Å²) in [4.78, 5) is 25.4. The predicted octanol–water partition coefficient (Wildman–Crippen LogP) is 4.25. The van der Waals surface area contributed by atoms with E-state index in [-0.39, 0.29) is 5.91 Å². The highest BCUT2D eigenvalue weighted by molar-refractivity contribution is 7.13. The minimum Gasteiger partial charge on any atom is -0.337 e. The van der Waals surface area contributed by atoms with Gasteiger partial charge in [0.1, 0.15) is 5.82 Å². The molecule has 6 heteroatoms. The van der Waals surface area contributed by atoms with Crippen molar-refractivity contribution in [2.24, 2.45) is 0 Å². The van der Waals surface area contributed by atoms with Crippen molar-refractivity contribution in [2.45, 2.75) is 6.92 Å². The lowest BCUT2D eigenvalue weighted by Crippen LogP contribution is -2.12. The standard InChI is InChI=1S/C18H14N4OS/c1-11-4-5-12(10-19-11)18(23)20-13-6-7-14-15(9-13)22-17(21-14)16-3-2-8-24-16/h2-10H,1H3,(H,20,23)(H,21,22). The predicted molar refractivity (Wildman–Crippen MR) is 96.3 cm³/mol. The Hall–Kier alpha value is -2.99. The number of rotatable bonds is 3. The number of nitrogens with one attached hydrogen (secondary N) is 2. The Labute approximate surface area is 142 Å². The number of aryl methyl sites for hydroxylation is 1. The lowest BCUT2D eigenvalue weighted by atomic mass is 10.2. The number of pyridine rings is 1. The smallest absolute Gasteiger partial charge is 0.257 e. The molecule has 4 rings (SSSR count). The van der Waals surface area contributed by atoms with E-state index in [2.05, 4.69) is 20.3 Å². The zero-order chi connectivity index (χ0) is 16.5. The number of aromatic amines is 1. The van der Waals surface area contributed by atoms with Crippen LogP contribution >= 0.6 is 11.3 Å². The molecule has 0 aliphatic carbocycles. The number of hydrogen-bond donors (Lipinski definition) is 2. The Morgan fingerprint density at radius 1 is 1.21 bits per heavy atom. The Bertz CT molecular complexity index is 1000. The van der Waals surface area contributed by atoms with E-state index in [0.29, 0.717) is 5.56 Å². The number of hydrogen-bond acceptors (Lipinski definition) is 4. The van der Waals surface area contributed by atoms with Crippen LogP contribution in [0.4, 0.5) is 5.69 Å². The molecule has 118 valence electrons. The molecular weight excluding hydrogens is 320 g/mol. The molecule has 0 fully saturated rings. The number of nitrogens with zero attached hydrogens (tertiary/aromatic N) is 2. The highest BCUT2D eigenvalue weighted by atomic mass is 32.1. The molecule has 0 saturated heterocycles. The minimum absolute atomic E-state index is 0.181. The van der Waals surface area contributed by atoms with Crippen LogP contribution in [0.1, 0.15) is 16.1 Å². The number of thiophene rings is 1. The first-order valence-electron chi connectivity index (χ1n) is 7.47. The Balaban J connectivity index is 1.60. The van der Waals surface area contributed by atoms with E-state index in [4.69, 9.17) is 0 Å². The van der Waals surface area contributed by atoms with E-state index < -0.39 is 0 Å². The molecule has 1 aromatic carbocycles. The van der Waals surface area contributed by atoms with Gasteiger partial charge in [0.25, 0.3) is 5.91 Å². The summed E-state index contributed by atoms with van der Waals surface area (Å²) in [6.45, 7) is 1.89. The monoisotopic (exact) mass is 334 g/mol. The molecule has 0 atom stereocenters. The molecule has 0 bridgehead atoms. The summed E-state index contributed by atoms with van der Waals surface area (Å²) >= 11 is 1.63. The fraction of sp³-hybridized carbons (Fsp3) is 0.0556. The first-order valence-corrected chi connectivity index (χ1v) is 8.35. The van der Waals surface area contributed by atoms with Gasteiger partial charge in [-0.15, -0.1) is 11.3 Å². The molecule has 2 N–H and O–H groups in total. The van der Waals surface area contributed by atoms with Crippen LogP contribution in [0.25, 0.3) is 21.7 Å². The normalized spacial score (nSPS) is 10.9. The quantitative estimate of drug-likeness (QED) is 0.588. The fourth-order valence-corrected chi connectivity index (χ4v) is 3.09. The van der Waals surface area contributed by atoms with Gasteiger partial charge in [0.05, 0.1) is 21.5 Å². The Morgan fingerprint density at radius 3 is 2.88 bits per heavy atom. The topological polar surface area (TPSA) is 70.7 Å². The zero-order valence-corrected chi connectivity index (χ0v) is 13.7. The van der Waals surface area contributed by atoms with E-state index in [1.165, 1.54) is 0 Å². The Kier molecular flexibility index (Phi) is 3.59. The highest BCUT2D eigenvalue weighted by Crippen LogP contribution is 2.26. The summed E-state index contributed by atoms with van der Waals surface area (Å²) in [6, 6.07) is 13.2. The lowest BCUT2D eigenvalue weighted by molar-refractivity contribution is 0.102. The lowest BCUT2D eigenvalue weighted by Gasteiger charge is -2.05. The van der Waals surface area contributed by atoms with Crippen molar-refractivity contribution in [2.75, 3.05) is 5.32 Å². The Morgan fingerprint density at radius 2 is 2.12 bits per heavy atom. The van der Waals surface area contributed by atoms with E-state index in [1.807, 2.05) is 48.7 Å². The van der Waals surface area contributed by atoms with Crippen molar-refractivity contribution in [1.82, 2.24) is 15.0 Å². The summed E-state index contributed by atoms with van der Waals surface area (Å²) in [5.41, 5.74) is 3.89. The van der Waals surface area contributed by atoms with Gasteiger partial charge in [0, 0.05) is 17.6 Å². The molecule has 0 unspecified atom stereocenters. The van der Waals surface area contributed by atoms with Crippen LogP contribution in [0.5, 0.6) is 0 Å². The molecule has 0 saturated carbocycles. The summed E-state index contributed by atoms with van der Waals surface area (Å²) in [5.74, 6) is 0.658. The first kappa shape index (κ1) is 14.6. The molecule has 3 heterocycles. The maximum Gasteiger partial charge on any atom is 0.257 e.